The third kappa shape index (κ3) is 8.12. The summed E-state index contributed by atoms with van der Waals surface area (Å²) >= 11 is 0. The number of nitrogens with zero attached hydrogens (tertiary/aromatic N) is 6. The highest BCUT2D eigenvalue weighted by Crippen LogP contribution is 2.46. The fourth-order valence-electron chi connectivity index (χ4n) is 10.7. The van der Waals surface area contributed by atoms with Crippen LogP contribution >= 0.6 is 0 Å². The molecule has 0 fully saturated rings. The summed E-state index contributed by atoms with van der Waals surface area (Å²) in [7, 11) is 0. The zero-order valence-corrected chi connectivity index (χ0v) is 40.5. The summed E-state index contributed by atoms with van der Waals surface area (Å²) in [5.41, 5.74) is 22.1. The number of fused-ring (bicyclic) bond motifs is 3. The molecule has 338 valence electrons. The first-order chi connectivity index (χ1) is 34.5. The van der Waals surface area contributed by atoms with Crippen molar-refractivity contribution in [3.05, 3.63) is 232 Å². The molecule has 0 unspecified atom stereocenters. The molecule has 9 aromatic carbocycles. The highest BCUT2D eigenvalue weighted by atomic mass is 15.0. The Morgan fingerprint density at radius 3 is 1.32 bits per heavy atom. The van der Waals surface area contributed by atoms with Gasteiger partial charge in [-0.1, -0.05) is 139 Å². The van der Waals surface area contributed by atoms with Crippen LogP contribution in [0.4, 0.5) is 5.69 Å². The van der Waals surface area contributed by atoms with E-state index in [4.69, 9.17) is 21.5 Å². The second-order valence-corrected chi connectivity index (χ2v) is 18.7. The molecule has 71 heavy (non-hydrogen) atoms. The predicted molar refractivity (Wildman–Crippen MR) is 292 cm³/mol. The number of aromatic nitrogens is 4. The molecule has 2 aromatic heterocycles. The topological polar surface area (TPSA) is 71.8 Å². The minimum atomic E-state index is 0.494. The Labute approximate surface area is 414 Å². The average Bonchev–Trinajstić information content (AvgIpc) is 3.70. The molecule has 0 atom stereocenters. The van der Waals surface area contributed by atoms with Crippen LogP contribution < -0.4 is 0 Å². The summed E-state index contributed by atoms with van der Waals surface area (Å²) in [5, 5.41) is 12.6. The largest absolute Gasteiger partial charge is 0.308 e. The molecule has 0 aliphatic heterocycles. The van der Waals surface area contributed by atoms with Crippen molar-refractivity contribution >= 4 is 27.5 Å². The summed E-state index contributed by atoms with van der Waals surface area (Å²) in [6.45, 7) is 21.3. The maximum atomic E-state index is 10.4. The van der Waals surface area contributed by atoms with Gasteiger partial charge in [0.05, 0.1) is 34.9 Å². The van der Waals surface area contributed by atoms with E-state index < -0.39 is 0 Å². The monoisotopic (exact) mass is 912 g/mol. The quantitative estimate of drug-likeness (QED) is 0.142. The van der Waals surface area contributed by atoms with Gasteiger partial charge in [-0.2, -0.15) is 5.26 Å². The molecule has 0 aliphatic carbocycles. The van der Waals surface area contributed by atoms with Gasteiger partial charge in [0.1, 0.15) is 0 Å². The first-order valence-corrected chi connectivity index (χ1v) is 23.8. The van der Waals surface area contributed by atoms with Crippen molar-refractivity contribution < 1.29 is 0 Å². The molecule has 6 heteroatoms. The van der Waals surface area contributed by atoms with E-state index in [9.17, 15) is 5.26 Å². The molecule has 0 aliphatic rings. The Balaban J connectivity index is 1.28. The van der Waals surface area contributed by atoms with Crippen LogP contribution in [-0.2, 0) is 0 Å². The molecule has 6 nitrogen and oxygen atoms in total. The third-order valence-electron chi connectivity index (χ3n) is 13.6. The fraction of sp³-hybridized carbons (Fsp3) is 0.0923. The third-order valence-corrected chi connectivity index (χ3v) is 13.6. The van der Waals surface area contributed by atoms with E-state index in [-0.39, 0.29) is 0 Å². The molecule has 0 saturated heterocycles. The van der Waals surface area contributed by atoms with Gasteiger partial charge < -0.3 is 4.57 Å². The van der Waals surface area contributed by atoms with Crippen molar-refractivity contribution in [1.29, 1.82) is 5.26 Å². The zero-order chi connectivity index (χ0) is 48.9. The van der Waals surface area contributed by atoms with Gasteiger partial charge in [0.15, 0.2) is 23.2 Å². The highest BCUT2D eigenvalue weighted by Gasteiger charge is 2.25. The van der Waals surface area contributed by atoms with E-state index in [1.54, 1.807) is 0 Å². The lowest BCUT2D eigenvalue weighted by molar-refractivity contribution is 1.07. The summed E-state index contributed by atoms with van der Waals surface area (Å²) in [5.74, 6) is 1.60. The lowest BCUT2D eigenvalue weighted by Crippen LogP contribution is -2.04. The average molecular weight is 913 g/mol. The molecule has 0 N–H and O–H groups in total. The maximum Gasteiger partial charge on any atom is 0.187 e. The summed E-state index contributed by atoms with van der Waals surface area (Å²) in [6, 6.07) is 65.1. The van der Waals surface area contributed by atoms with Crippen LogP contribution in [0.5, 0.6) is 0 Å². The van der Waals surface area contributed by atoms with Crippen LogP contribution in [0.3, 0.4) is 0 Å². The molecule has 0 radical (unpaired) electrons. The van der Waals surface area contributed by atoms with Gasteiger partial charge in [0, 0.05) is 38.6 Å². The number of rotatable bonds is 8. The Morgan fingerprint density at radius 2 is 0.859 bits per heavy atom. The number of aryl methyl sites for hydroxylation is 6. The molecule has 11 aromatic rings. The van der Waals surface area contributed by atoms with Crippen molar-refractivity contribution in [2.45, 2.75) is 41.5 Å². The SMILES string of the molecule is [C-]#[N+]c1cccc(-c2cc(-c3nc(-c4ccccc4)nc(-c4ccccc4)n3)cc(-c3cccc(C#N)c3)c2-n2c3ccc(-c4c(C)cc(C)cc4C)cc3c3cc(-c4c(C)cc(C)cc4C)ccc32)c1. The Hall–Kier alpha value is -9.23. The molecule has 0 amide bonds. The smallest absolute Gasteiger partial charge is 0.187 e. The standard InChI is InChI=1S/C65H48N6/c1-39-28-41(3)60(42(4)29-39)50-24-26-58-56(34-50)57-35-51(61-43(5)30-40(2)31-44(61)6)25-27-59(57)71(58)62-54(48-21-14-16-45(32-48)38-66)36-52(37-55(62)49-22-15-23-53(33-49)67-7)65-69-63(46-17-10-8-11-18-46)68-64(70-65)47-19-12-9-13-20-47/h8-37H,1-6H3. The van der Waals surface area contributed by atoms with Gasteiger partial charge in [-0.3, -0.25) is 0 Å². The van der Waals surface area contributed by atoms with Crippen LogP contribution in [0.2, 0.25) is 0 Å². The van der Waals surface area contributed by atoms with Crippen LogP contribution in [0, 0.1) is 59.4 Å². The molecular formula is C65H48N6. The van der Waals surface area contributed by atoms with Gasteiger partial charge in [0.25, 0.3) is 0 Å². The number of hydrogen-bond acceptors (Lipinski definition) is 4. The Kier molecular flexibility index (Phi) is 11.2. The first kappa shape index (κ1) is 44.3. The van der Waals surface area contributed by atoms with Crippen molar-refractivity contribution in [1.82, 2.24) is 19.5 Å². The summed E-state index contributed by atoms with van der Waals surface area (Å²) < 4.78 is 2.39. The van der Waals surface area contributed by atoms with Crippen LogP contribution in [0.1, 0.15) is 38.9 Å². The van der Waals surface area contributed by atoms with Crippen LogP contribution in [0.15, 0.2) is 182 Å². The van der Waals surface area contributed by atoms with Gasteiger partial charge in [-0.25, -0.2) is 19.8 Å². The minimum Gasteiger partial charge on any atom is -0.308 e. The van der Waals surface area contributed by atoms with E-state index in [1.807, 2.05) is 97.1 Å². The Morgan fingerprint density at radius 1 is 0.423 bits per heavy atom. The highest BCUT2D eigenvalue weighted by molar-refractivity contribution is 6.13. The molecule has 0 spiro atoms. The van der Waals surface area contributed by atoms with Crippen molar-refractivity contribution in [3.63, 3.8) is 0 Å². The molecule has 11 rings (SSSR count). The van der Waals surface area contributed by atoms with E-state index in [0.717, 1.165) is 77.6 Å². The van der Waals surface area contributed by atoms with Gasteiger partial charge >= 0.3 is 0 Å². The van der Waals surface area contributed by atoms with E-state index in [2.05, 4.69) is 142 Å². The summed E-state index contributed by atoms with van der Waals surface area (Å²) in [6.07, 6.45) is 0. The van der Waals surface area contributed by atoms with Crippen LogP contribution in [-0.4, -0.2) is 19.5 Å². The first-order valence-electron chi connectivity index (χ1n) is 23.8. The normalized spacial score (nSPS) is 11.2. The van der Waals surface area contributed by atoms with E-state index in [1.165, 1.54) is 44.5 Å². The lowest BCUT2D eigenvalue weighted by Gasteiger charge is -2.21. The molecule has 0 bridgehead atoms. The maximum absolute atomic E-state index is 10.4. The number of hydrogen-bond donors (Lipinski definition) is 0. The zero-order valence-electron chi connectivity index (χ0n) is 40.5. The molecule has 0 saturated carbocycles. The van der Waals surface area contributed by atoms with Crippen molar-refractivity contribution in [2.24, 2.45) is 0 Å². The number of nitriles is 1. The number of benzene rings is 9. The van der Waals surface area contributed by atoms with Gasteiger partial charge in [-0.15, -0.1) is 0 Å². The summed E-state index contributed by atoms with van der Waals surface area (Å²) in [4.78, 5) is 19.4. The van der Waals surface area contributed by atoms with Crippen molar-refractivity contribution in [3.8, 4) is 90.4 Å². The van der Waals surface area contributed by atoms with Gasteiger partial charge in [0.2, 0.25) is 0 Å². The predicted octanol–water partition coefficient (Wildman–Crippen LogP) is 16.9. The molecule has 2 heterocycles. The second-order valence-electron chi connectivity index (χ2n) is 18.7. The Bertz CT molecular complexity index is 3720. The fourth-order valence-corrected chi connectivity index (χ4v) is 10.7. The van der Waals surface area contributed by atoms with E-state index >= 15 is 0 Å². The van der Waals surface area contributed by atoms with Gasteiger partial charge in [-0.05, 0) is 152 Å². The lowest BCUT2D eigenvalue weighted by atomic mass is 9.91. The van der Waals surface area contributed by atoms with Crippen LogP contribution in [0.25, 0.3) is 111 Å². The molecular weight excluding hydrogens is 865 g/mol. The minimum absolute atomic E-state index is 0.494. The van der Waals surface area contributed by atoms with Crippen molar-refractivity contribution in [2.75, 3.05) is 0 Å². The van der Waals surface area contributed by atoms with E-state index in [0.29, 0.717) is 28.7 Å². The second kappa shape index (κ2) is 18.0.